The molecule has 0 saturated heterocycles. The molecule has 0 unspecified atom stereocenters. The summed E-state index contributed by atoms with van der Waals surface area (Å²) in [5.74, 6) is -0.270. The summed E-state index contributed by atoms with van der Waals surface area (Å²) in [6.45, 7) is 4.34. The second-order valence-corrected chi connectivity index (χ2v) is 6.94. The van der Waals surface area contributed by atoms with Crippen LogP contribution in [0.1, 0.15) is 43.4 Å². The van der Waals surface area contributed by atoms with E-state index in [0.29, 0.717) is 17.3 Å². The summed E-state index contributed by atoms with van der Waals surface area (Å²) in [4.78, 5) is 35.1. The van der Waals surface area contributed by atoms with Crippen molar-refractivity contribution in [3.63, 3.8) is 0 Å². The van der Waals surface area contributed by atoms with Gasteiger partial charge in [0.25, 0.3) is 11.6 Å². The highest BCUT2D eigenvalue weighted by atomic mass is 16.6. The van der Waals surface area contributed by atoms with Gasteiger partial charge in [-0.05, 0) is 23.6 Å². The molecule has 8 heteroatoms. The van der Waals surface area contributed by atoms with Crippen molar-refractivity contribution in [3.8, 4) is 0 Å². The van der Waals surface area contributed by atoms with Gasteiger partial charge in [-0.3, -0.25) is 19.7 Å². The van der Waals surface area contributed by atoms with Gasteiger partial charge in [-0.25, -0.2) is 0 Å². The number of nitrogens with zero attached hydrogens (tertiary/aromatic N) is 1. The van der Waals surface area contributed by atoms with Crippen LogP contribution < -0.4 is 16.0 Å². The minimum absolute atomic E-state index is 0.0479. The Kier molecular flexibility index (Phi) is 5.58. The third kappa shape index (κ3) is 4.11. The van der Waals surface area contributed by atoms with Crippen molar-refractivity contribution in [2.75, 3.05) is 17.2 Å². The molecule has 0 aliphatic carbocycles. The first-order valence-electron chi connectivity index (χ1n) is 9.08. The van der Waals surface area contributed by atoms with Crippen LogP contribution in [0.25, 0.3) is 0 Å². The lowest BCUT2D eigenvalue weighted by atomic mass is 9.98. The average Bonchev–Trinajstić information content (AvgIpc) is 2.96. The second kappa shape index (κ2) is 8.08. The highest BCUT2D eigenvalue weighted by Crippen LogP contribution is 2.33. The van der Waals surface area contributed by atoms with Gasteiger partial charge in [0.15, 0.2) is 0 Å². The first kappa shape index (κ1) is 19.3. The number of anilines is 2. The number of rotatable bonds is 7. The standard InChI is InChI=1S/C20H22N4O4/c1-12(2)13-7-8-15-14(11-13)19(20(26)22-15)23-18(25)9-10-21-16-5-3-4-6-17(16)24(27)28/h3-8,11-12,19,21H,9-10H2,1-2H3,(H,22,26)(H,23,25)/t19-/m1/s1. The summed E-state index contributed by atoms with van der Waals surface area (Å²) >= 11 is 0. The monoisotopic (exact) mass is 382 g/mol. The molecular weight excluding hydrogens is 360 g/mol. The van der Waals surface area contributed by atoms with Gasteiger partial charge in [-0.15, -0.1) is 0 Å². The quantitative estimate of drug-likeness (QED) is 0.502. The van der Waals surface area contributed by atoms with E-state index in [4.69, 9.17) is 0 Å². The number of benzene rings is 2. The summed E-state index contributed by atoms with van der Waals surface area (Å²) in [5.41, 5.74) is 2.86. The molecule has 146 valence electrons. The zero-order valence-electron chi connectivity index (χ0n) is 15.7. The molecular formula is C20H22N4O4. The van der Waals surface area contributed by atoms with Crippen LogP contribution in [0.5, 0.6) is 0 Å². The predicted octanol–water partition coefficient (Wildman–Crippen LogP) is 3.33. The largest absolute Gasteiger partial charge is 0.379 e. The van der Waals surface area contributed by atoms with Crippen molar-refractivity contribution < 1.29 is 14.5 Å². The Morgan fingerprint density at radius 2 is 2.00 bits per heavy atom. The minimum atomic E-state index is -0.729. The van der Waals surface area contributed by atoms with Gasteiger partial charge in [0.1, 0.15) is 11.7 Å². The van der Waals surface area contributed by atoms with Gasteiger partial charge < -0.3 is 16.0 Å². The molecule has 1 atom stereocenters. The van der Waals surface area contributed by atoms with Gasteiger partial charge in [0.2, 0.25) is 5.91 Å². The highest BCUT2D eigenvalue weighted by molar-refractivity contribution is 6.04. The lowest BCUT2D eigenvalue weighted by Crippen LogP contribution is -2.33. The van der Waals surface area contributed by atoms with E-state index < -0.39 is 11.0 Å². The number of nitro benzene ring substituents is 1. The van der Waals surface area contributed by atoms with E-state index in [1.54, 1.807) is 18.2 Å². The van der Waals surface area contributed by atoms with E-state index in [1.165, 1.54) is 6.07 Å². The normalized spacial score (nSPS) is 15.1. The molecule has 8 nitrogen and oxygen atoms in total. The third-order valence-electron chi connectivity index (χ3n) is 4.65. The number of nitro groups is 1. The molecule has 0 bridgehead atoms. The van der Waals surface area contributed by atoms with E-state index in [0.717, 1.165) is 11.1 Å². The number of amides is 2. The van der Waals surface area contributed by atoms with Crippen molar-refractivity contribution in [2.24, 2.45) is 0 Å². The predicted molar refractivity (Wildman–Crippen MR) is 106 cm³/mol. The molecule has 0 spiro atoms. The van der Waals surface area contributed by atoms with Crippen LogP contribution in [0.15, 0.2) is 42.5 Å². The number of fused-ring (bicyclic) bond motifs is 1. The van der Waals surface area contributed by atoms with E-state index in [9.17, 15) is 19.7 Å². The highest BCUT2D eigenvalue weighted by Gasteiger charge is 2.32. The SMILES string of the molecule is CC(C)c1ccc2c(c1)[C@@H](NC(=O)CCNc1ccccc1[N+](=O)[O-])C(=O)N2. The average molecular weight is 382 g/mol. The Morgan fingerprint density at radius 1 is 1.25 bits per heavy atom. The van der Waals surface area contributed by atoms with Crippen LogP contribution in [0.3, 0.4) is 0 Å². The molecule has 2 aromatic rings. The van der Waals surface area contributed by atoms with Crippen molar-refractivity contribution in [1.29, 1.82) is 0 Å². The maximum absolute atomic E-state index is 12.3. The summed E-state index contributed by atoms with van der Waals surface area (Å²) in [7, 11) is 0. The van der Waals surface area contributed by atoms with E-state index in [1.807, 2.05) is 18.2 Å². The molecule has 3 N–H and O–H groups in total. The van der Waals surface area contributed by atoms with Crippen LogP contribution in [0.2, 0.25) is 0 Å². The molecule has 2 aromatic carbocycles. The molecule has 0 fully saturated rings. The maximum Gasteiger partial charge on any atom is 0.292 e. The number of para-hydroxylation sites is 2. The summed E-state index contributed by atoms with van der Waals surface area (Å²) in [6.07, 6.45) is 0.0784. The van der Waals surface area contributed by atoms with E-state index >= 15 is 0 Å². The van der Waals surface area contributed by atoms with Gasteiger partial charge in [0, 0.05) is 30.3 Å². The van der Waals surface area contributed by atoms with E-state index in [2.05, 4.69) is 29.8 Å². The maximum atomic E-state index is 12.3. The molecule has 0 radical (unpaired) electrons. The zero-order valence-corrected chi connectivity index (χ0v) is 15.7. The minimum Gasteiger partial charge on any atom is -0.379 e. The van der Waals surface area contributed by atoms with Crippen LogP contribution in [0, 0.1) is 10.1 Å². The Labute approximate surface area is 162 Å². The van der Waals surface area contributed by atoms with E-state index in [-0.39, 0.29) is 30.5 Å². The summed E-state index contributed by atoms with van der Waals surface area (Å²) < 4.78 is 0. The molecule has 2 amide bonds. The molecule has 3 rings (SSSR count). The smallest absolute Gasteiger partial charge is 0.292 e. The number of hydrogen-bond acceptors (Lipinski definition) is 5. The number of carbonyl (C=O) groups is 2. The van der Waals surface area contributed by atoms with Crippen molar-refractivity contribution in [2.45, 2.75) is 32.2 Å². The lowest BCUT2D eigenvalue weighted by Gasteiger charge is -2.14. The summed E-state index contributed by atoms with van der Waals surface area (Å²) in [6, 6.07) is 11.3. The van der Waals surface area contributed by atoms with Gasteiger partial charge in [-0.2, -0.15) is 0 Å². The molecule has 1 heterocycles. The fourth-order valence-corrected chi connectivity index (χ4v) is 3.11. The van der Waals surface area contributed by atoms with Crippen molar-refractivity contribution >= 4 is 28.9 Å². The molecule has 1 aliphatic rings. The van der Waals surface area contributed by atoms with Crippen molar-refractivity contribution in [3.05, 3.63) is 63.7 Å². The first-order valence-corrected chi connectivity index (χ1v) is 9.08. The van der Waals surface area contributed by atoms with Crippen LogP contribution in [-0.2, 0) is 9.59 Å². The fraction of sp³-hybridized carbons (Fsp3) is 0.300. The van der Waals surface area contributed by atoms with Crippen LogP contribution >= 0.6 is 0 Å². The second-order valence-electron chi connectivity index (χ2n) is 6.94. The van der Waals surface area contributed by atoms with Gasteiger partial charge in [-0.1, -0.05) is 38.1 Å². The molecule has 1 aliphatic heterocycles. The van der Waals surface area contributed by atoms with Gasteiger partial charge in [0.05, 0.1) is 4.92 Å². The van der Waals surface area contributed by atoms with Gasteiger partial charge >= 0.3 is 0 Å². The zero-order chi connectivity index (χ0) is 20.3. The number of carbonyl (C=O) groups excluding carboxylic acids is 2. The van der Waals surface area contributed by atoms with Crippen LogP contribution in [0.4, 0.5) is 17.1 Å². The Balaban J connectivity index is 1.61. The fourth-order valence-electron chi connectivity index (χ4n) is 3.11. The van der Waals surface area contributed by atoms with Crippen molar-refractivity contribution in [1.82, 2.24) is 5.32 Å². The Morgan fingerprint density at radius 3 is 2.71 bits per heavy atom. The summed E-state index contributed by atoms with van der Waals surface area (Å²) in [5, 5.41) is 19.4. The third-order valence-corrected chi connectivity index (χ3v) is 4.65. The van der Waals surface area contributed by atoms with Crippen LogP contribution in [-0.4, -0.2) is 23.3 Å². The molecule has 0 saturated carbocycles. The Hall–Kier alpha value is -3.42. The number of nitrogens with one attached hydrogen (secondary N) is 3. The topological polar surface area (TPSA) is 113 Å². The molecule has 28 heavy (non-hydrogen) atoms. The number of hydrogen-bond donors (Lipinski definition) is 3. The molecule has 0 aromatic heterocycles. The Bertz CT molecular complexity index is 926. The first-order chi connectivity index (χ1) is 13.4. The lowest BCUT2D eigenvalue weighted by molar-refractivity contribution is -0.384.